The monoisotopic (exact) mass is 259 g/mol. The summed E-state index contributed by atoms with van der Waals surface area (Å²) in [5.41, 5.74) is 2.40. The molecule has 1 aromatic carbocycles. The van der Waals surface area contributed by atoms with Gasteiger partial charge in [0.25, 0.3) is 0 Å². The van der Waals surface area contributed by atoms with E-state index in [0.29, 0.717) is 20.6 Å². The van der Waals surface area contributed by atoms with Gasteiger partial charge in [0.2, 0.25) is 0 Å². The first-order valence-corrected chi connectivity index (χ1v) is 5.55. The number of fused-ring (bicyclic) bond motifs is 1. The molecule has 0 spiro atoms. The Kier molecular flexibility index (Phi) is 2.80. The lowest BCUT2D eigenvalue weighted by atomic mass is 10.1. The van der Waals surface area contributed by atoms with Crippen LogP contribution in [0.5, 0.6) is 0 Å². The predicted molar refractivity (Wildman–Crippen MR) is 66.2 cm³/mol. The van der Waals surface area contributed by atoms with Crippen molar-refractivity contribution in [2.75, 3.05) is 0 Å². The number of rotatable bonds is 0. The van der Waals surface area contributed by atoms with Crippen molar-refractivity contribution in [1.29, 1.82) is 0 Å². The van der Waals surface area contributed by atoms with Crippen molar-refractivity contribution < 1.29 is 0 Å². The number of benzene rings is 1. The average Bonchev–Trinajstić information content (AvgIpc) is 2.13. The lowest BCUT2D eigenvalue weighted by Crippen LogP contribution is -1.89. The molecule has 1 aromatic heterocycles. The van der Waals surface area contributed by atoms with Crippen LogP contribution in [-0.2, 0) is 0 Å². The molecule has 0 saturated heterocycles. The minimum atomic E-state index is 0.581. The van der Waals surface area contributed by atoms with Gasteiger partial charge in [0.05, 0.1) is 20.6 Å². The molecule has 4 heteroatoms. The fourth-order valence-electron chi connectivity index (χ4n) is 1.53. The Morgan fingerprint density at radius 1 is 1.00 bits per heavy atom. The molecule has 0 N–H and O–H groups in total. The quantitative estimate of drug-likeness (QED) is 0.662. The molecule has 0 amide bonds. The summed E-state index contributed by atoms with van der Waals surface area (Å²) >= 11 is 18.4. The summed E-state index contributed by atoms with van der Waals surface area (Å²) in [5.74, 6) is 0. The first-order valence-electron chi connectivity index (χ1n) is 4.42. The lowest BCUT2D eigenvalue weighted by Gasteiger charge is -2.08. The van der Waals surface area contributed by atoms with Gasteiger partial charge < -0.3 is 0 Å². The van der Waals surface area contributed by atoms with Crippen molar-refractivity contribution in [3.05, 3.63) is 38.5 Å². The molecule has 0 saturated carbocycles. The summed E-state index contributed by atoms with van der Waals surface area (Å²) in [4.78, 5) is 4.34. The van der Waals surface area contributed by atoms with Crippen LogP contribution in [0.3, 0.4) is 0 Å². The lowest BCUT2D eigenvalue weighted by molar-refractivity contribution is 1.25. The molecular formula is C11H8Cl3N. The largest absolute Gasteiger partial charge is 0.251 e. The highest BCUT2D eigenvalue weighted by Gasteiger charge is 2.12. The Morgan fingerprint density at radius 3 is 2.33 bits per heavy atom. The summed E-state index contributed by atoms with van der Waals surface area (Å²) in [5, 5.41) is 2.52. The molecule has 2 aromatic rings. The first-order chi connectivity index (χ1) is 7.00. The first kappa shape index (κ1) is 11.0. The van der Waals surface area contributed by atoms with E-state index in [-0.39, 0.29) is 0 Å². The number of aromatic nitrogens is 1. The molecule has 0 aliphatic carbocycles. The van der Waals surface area contributed by atoms with Crippen molar-refractivity contribution in [2.24, 2.45) is 0 Å². The van der Waals surface area contributed by atoms with Gasteiger partial charge in [-0.05, 0) is 31.5 Å². The number of nitrogens with zero attached hydrogens (tertiary/aromatic N) is 1. The van der Waals surface area contributed by atoms with E-state index < -0.39 is 0 Å². The summed E-state index contributed by atoms with van der Waals surface area (Å²) in [6.45, 7) is 3.76. The molecule has 0 fully saturated rings. The Morgan fingerprint density at radius 2 is 1.67 bits per heavy atom. The van der Waals surface area contributed by atoms with Gasteiger partial charge in [-0.1, -0.05) is 34.8 Å². The minimum absolute atomic E-state index is 0.581. The van der Waals surface area contributed by atoms with Gasteiger partial charge in [-0.25, -0.2) is 0 Å². The third-order valence-electron chi connectivity index (χ3n) is 2.23. The second-order valence-electron chi connectivity index (χ2n) is 3.46. The van der Waals surface area contributed by atoms with E-state index in [1.165, 1.54) is 0 Å². The number of halogens is 3. The van der Waals surface area contributed by atoms with E-state index in [1.54, 1.807) is 12.1 Å². The minimum Gasteiger partial charge on any atom is -0.251 e. The molecule has 0 aliphatic heterocycles. The zero-order valence-electron chi connectivity index (χ0n) is 8.24. The molecule has 2 rings (SSSR count). The topological polar surface area (TPSA) is 12.9 Å². The maximum Gasteiger partial charge on any atom is 0.0921 e. The molecule has 0 radical (unpaired) electrons. The van der Waals surface area contributed by atoms with Gasteiger partial charge >= 0.3 is 0 Å². The van der Waals surface area contributed by atoms with Gasteiger partial charge in [0.1, 0.15) is 0 Å². The average molecular weight is 261 g/mol. The maximum absolute atomic E-state index is 6.17. The maximum atomic E-state index is 6.17. The van der Waals surface area contributed by atoms with Gasteiger partial charge in [0.15, 0.2) is 0 Å². The van der Waals surface area contributed by atoms with E-state index in [2.05, 4.69) is 4.98 Å². The van der Waals surface area contributed by atoms with Crippen molar-refractivity contribution >= 4 is 45.7 Å². The number of hydrogen-bond donors (Lipinski definition) is 0. The summed E-state index contributed by atoms with van der Waals surface area (Å²) < 4.78 is 0. The van der Waals surface area contributed by atoms with Crippen LogP contribution >= 0.6 is 34.8 Å². The van der Waals surface area contributed by atoms with Crippen LogP contribution in [0.15, 0.2) is 12.1 Å². The van der Waals surface area contributed by atoms with Crippen LogP contribution in [0.1, 0.15) is 11.3 Å². The zero-order valence-corrected chi connectivity index (χ0v) is 10.5. The summed E-state index contributed by atoms with van der Waals surface area (Å²) in [6, 6.07) is 3.58. The second-order valence-corrected chi connectivity index (χ2v) is 4.65. The molecule has 1 nitrogen and oxygen atoms in total. The van der Waals surface area contributed by atoms with Crippen LogP contribution in [0, 0.1) is 13.8 Å². The van der Waals surface area contributed by atoms with Gasteiger partial charge in [-0.2, -0.15) is 0 Å². The number of pyridine rings is 1. The third kappa shape index (κ3) is 1.80. The van der Waals surface area contributed by atoms with Crippen LogP contribution in [0.25, 0.3) is 10.9 Å². The van der Waals surface area contributed by atoms with E-state index in [9.17, 15) is 0 Å². The SMILES string of the molecule is Cc1cc(Cl)c2c(Cl)c(C)cc(Cl)c2n1. The predicted octanol–water partition coefficient (Wildman–Crippen LogP) is 4.81. The zero-order chi connectivity index (χ0) is 11.2. The number of aryl methyl sites for hydroxylation is 2. The van der Waals surface area contributed by atoms with E-state index in [4.69, 9.17) is 34.8 Å². The van der Waals surface area contributed by atoms with E-state index >= 15 is 0 Å². The molecule has 0 aliphatic rings. The highest BCUT2D eigenvalue weighted by Crippen LogP contribution is 2.36. The van der Waals surface area contributed by atoms with Crippen LogP contribution in [0.4, 0.5) is 0 Å². The summed E-state index contributed by atoms with van der Waals surface area (Å²) in [7, 11) is 0. The van der Waals surface area contributed by atoms with Gasteiger partial charge in [-0.15, -0.1) is 0 Å². The Bertz CT molecular complexity index is 549. The van der Waals surface area contributed by atoms with Crippen LogP contribution < -0.4 is 0 Å². The smallest absolute Gasteiger partial charge is 0.0921 e. The molecular weight excluding hydrogens is 252 g/mol. The van der Waals surface area contributed by atoms with Crippen LogP contribution in [0.2, 0.25) is 15.1 Å². The van der Waals surface area contributed by atoms with Crippen molar-refractivity contribution in [1.82, 2.24) is 4.98 Å². The molecule has 15 heavy (non-hydrogen) atoms. The van der Waals surface area contributed by atoms with E-state index in [0.717, 1.165) is 16.6 Å². The fourth-order valence-corrected chi connectivity index (χ4v) is 2.47. The highest BCUT2D eigenvalue weighted by atomic mass is 35.5. The van der Waals surface area contributed by atoms with Gasteiger partial charge in [-0.3, -0.25) is 4.98 Å². The highest BCUT2D eigenvalue weighted by molar-refractivity contribution is 6.45. The standard InChI is InChI=1S/C11H8Cl3N/c1-5-3-8(13)11-9(10(5)14)7(12)4-6(2)15-11/h3-4H,1-2H3. The number of hydrogen-bond acceptors (Lipinski definition) is 1. The van der Waals surface area contributed by atoms with Gasteiger partial charge in [0, 0.05) is 11.1 Å². The summed E-state index contributed by atoms with van der Waals surface area (Å²) in [6.07, 6.45) is 0. The molecule has 0 bridgehead atoms. The van der Waals surface area contributed by atoms with Crippen molar-refractivity contribution in [3.8, 4) is 0 Å². The Labute approximate surface area is 103 Å². The van der Waals surface area contributed by atoms with Crippen molar-refractivity contribution in [2.45, 2.75) is 13.8 Å². The van der Waals surface area contributed by atoms with E-state index in [1.807, 2.05) is 13.8 Å². The Hall–Kier alpha value is -0.500. The van der Waals surface area contributed by atoms with Crippen molar-refractivity contribution in [3.63, 3.8) is 0 Å². The molecule has 0 atom stereocenters. The fraction of sp³-hybridized carbons (Fsp3) is 0.182. The molecule has 0 unspecified atom stereocenters. The van der Waals surface area contributed by atoms with Crippen LogP contribution in [-0.4, -0.2) is 4.98 Å². The Balaban J connectivity index is 3.03. The molecule has 78 valence electrons. The molecule has 1 heterocycles. The third-order valence-corrected chi connectivity index (χ3v) is 3.31. The normalized spacial score (nSPS) is 11.0. The second kappa shape index (κ2) is 3.82.